The lowest BCUT2D eigenvalue weighted by Crippen LogP contribution is -2.34. The molecule has 1 amide bonds. The van der Waals surface area contributed by atoms with Gasteiger partial charge in [-0.05, 0) is 16.8 Å². The monoisotopic (exact) mass is 251 g/mol. The molecule has 0 heterocycles. The van der Waals surface area contributed by atoms with Crippen molar-refractivity contribution >= 4 is 28.7 Å². The third-order valence-electron chi connectivity index (χ3n) is 1.38. The number of carbonyl (C=O) groups is 1. The maximum atomic E-state index is 10.1. The van der Waals surface area contributed by atoms with Crippen molar-refractivity contribution in [2.75, 3.05) is 0 Å². The SMILES string of the molecule is O=C(O)NC1(C#CI)CC1. The van der Waals surface area contributed by atoms with Gasteiger partial charge in [-0.2, -0.15) is 0 Å². The summed E-state index contributed by atoms with van der Waals surface area (Å²) in [5.41, 5.74) is -0.396. The van der Waals surface area contributed by atoms with E-state index in [0.29, 0.717) is 0 Å². The van der Waals surface area contributed by atoms with Crippen molar-refractivity contribution < 1.29 is 9.90 Å². The Morgan fingerprint density at radius 3 is 2.60 bits per heavy atom. The largest absolute Gasteiger partial charge is 0.465 e. The molecule has 1 aliphatic rings. The van der Waals surface area contributed by atoms with Crippen LogP contribution in [0.3, 0.4) is 0 Å². The summed E-state index contributed by atoms with van der Waals surface area (Å²) in [6.45, 7) is 0. The molecule has 1 fully saturated rings. The third kappa shape index (κ3) is 1.77. The molecule has 0 radical (unpaired) electrons. The maximum Gasteiger partial charge on any atom is 0.405 e. The highest BCUT2D eigenvalue weighted by atomic mass is 127. The Labute approximate surface area is 72.3 Å². The Kier molecular flexibility index (Phi) is 2.04. The van der Waals surface area contributed by atoms with Crippen molar-refractivity contribution in [2.45, 2.75) is 18.4 Å². The van der Waals surface area contributed by atoms with Gasteiger partial charge in [0.2, 0.25) is 0 Å². The first-order chi connectivity index (χ1) is 4.68. The third-order valence-corrected chi connectivity index (χ3v) is 1.65. The molecular formula is C6H6INO2. The number of hydrogen-bond donors (Lipinski definition) is 2. The molecule has 0 aliphatic heterocycles. The van der Waals surface area contributed by atoms with Crippen molar-refractivity contribution in [2.24, 2.45) is 0 Å². The quantitative estimate of drug-likeness (QED) is 0.543. The summed E-state index contributed by atoms with van der Waals surface area (Å²) in [6.07, 6.45) is 0.696. The van der Waals surface area contributed by atoms with E-state index in [2.05, 4.69) is 15.2 Å². The minimum atomic E-state index is -0.989. The van der Waals surface area contributed by atoms with Crippen LogP contribution in [-0.4, -0.2) is 16.7 Å². The Hall–Kier alpha value is -0.440. The average Bonchev–Trinajstić information content (AvgIpc) is 2.47. The maximum absolute atomic E-state index is 10.1. The molecule has 54 valence electrons. The summed E-state index contributed by atoms with van der Waals surface area (Å²) in [5.74, 6) is 2.81. The van der Waals surface area contributed by atoms with Gasteiger partial charge in [-0.15, -0.1) is 0 Å². The molecule has 0 aromatic rings. The van der Waals surface area contributed by atoms with Crippen LogP contribution in [0.5, 0.6) is 0 Å². The van der Waals surface area contributed by atoms with Crippen molar-refractivity contribution in [3.8, 4) is 9.85 Å². The lowest BCUT2D eigenvalue weighted by atomic mass is 10.3. The van der Waals surface area contributed by atoms with E-state index in [0.717, 1.165) is 12.8 Å². The standard InChI is InChI=1S/C6H6INO2/c7-4-3-6(1-2-6)8-5(9)10/h8H,1-2H2,(H,9,10). The highest BCUT2D eigenvalue weighted by Gasteiger charge is 2.42. The molecular weight excluding hydrogens is 245 g/mol. The van der Waals surface area contributed by atoms with E-state index >= 15 is 0 Å². The first-order valence-corrected chi connectivity index (χ1v) is 3.90. The molecule has 1 saturated carbocycles. The molecule has 3 nitrogen and oxygen atoms in total. The van der Waals surface area contributed by atoms with Crippen LogP contribution in [0.1, 0.15) is 12.8 Å². The number of hydrogen-bond acceptors (Lipinski definition) is 1. The lowest BCUT2D eigenvalue weighted by Gasteiger charge is -2.04. The van der Waals surface area contributed by atoms with Gasteiger partial charge in [0, 0.05) is 22.6 Å². The Morgan fingerprint density at radius 2 is 2.30 bits per heavy atom. The summed E-state index contributed by atoms with van der Waals surface area (Å²) in [6, 6.07) is 0. The second kappa shape index (κ2) is 2.66. The summed E-state index contributed by atoms with van der Waals surface area (Å²) >= 11 is 1.91. The van der Waals surface area contributed by atoms with Gasteiger partial charge in [0.05, 0.1) is 0 Å². The molecule has 2 N–H and O–H groups in total. The molecule has 10 heavy (non-hydrogen) atoms. The highest BCUT2D eigenvalue weighted by molar-refractivity contribution is 14.1. The first kappa shape index (κ1) is 7.66. The van der Waals surface area contributed by atoms with Crippen molar-refractivity contribution in [3.63, 3.8) is 0 Å². The van der Waals surface area contributed by atoms with Crippen LogP contribution in [0.25, 0.3) is 0 Å². The van der Waals surface area contributed by atoms with Crippen molar-refractivity contribution in [3.05, 3.63) is 0 Å². The van der Waals surface area contributed by atoms with Crippen LogP contribution in [0.4, 0.5) is 4.79 Å². The van der Waals surface area contributed by atoms with Crippen LogP contribution in [0.15, 0.2) is 0 Å². The zero-order chi connectivity index (χ0) is 7.61. The normalized spacial score (nSPS) is 18.5. The van der Waals surface area contributed by atoms with Gasteiger partial charge in [-0.1, -0.05) is 5.92 Å². The second-order valence-electron chi connectivity index (χ2n) is 2.23. The number of nitrogens with one attached hydrogen (secondary N) is 1. The molecule has 0 saturated heterocycles. The predicted molar refractivity (Wildman–Crippen MR) is 44.9 cm³/mol. The molecule has 0 aromatic heterocycles. The molecule has 0 atom stereocenters. The highest BCUT2D eigenvalue weighted by Crippen LogP contribution is 2.34. The molecule has 0 bridgehead atoms. The zero-order valence-electron chi connectivity index (χ0n) is 5.15. The second-order valence-corrected chi connectivity index (χ2v) is 2.77. The van der Waals surface area contributed by atoms with Crippen LogP contribution >= 0.6 is 22.6 Å². The van der Waals surface area contributed by atoms with Gasteiger partial charge in [0.15, 0.2) is 0 Å². The van der Waals surface area contributed by atoms with E-state index in [1.807, 2.05) is 22.6 Å². The Balaban J connectivity index is 2.50. The zero-order valence-corrected chi connectivity index (χ0v) is 7.31. The van der Waals surface area contributed by atoms with E-state index in [1.165, 1.54) is 0 Å². The van der Waals surface area contributed by atoms with E-state index in [9.17, 15) is 4.79 Å². The van der Waals surface area contributed by atoms with Gasteiger partial charge >= 0.3 is 6.09 Å². The van der Waals surface area contributed by atoms with Crippen molar-refractivity contribution in [1.82, 2.24) is 5.32 Å². The molecule has 1 rings (SSSR count). The van der Waals surface area contributed by atoms with E-state index < -0.39 is 11.6 Å². The fraction of sp³-hybridized carbons (Fsp3) is 0.500. The fourth-order valence-corrected chi connectivity index (χ4v) is 1.22. The van der Waals surface area contributed by atoms with Crippen LogP contribution in [-0.2, 0) is 0 Å². The van der Waals surface area contributed by atoms with Gasteiger partial charge in [0.25, 0.3) is 0 Å². The van der Waals surface area contributed by atoms with E-state index in [1.54, 1.807) is 0 Å². The summed E-state index contributed by atoms with van der Waals surface area (Å²) < 4.78 is 2.67. The Morgan fingerprint density at radius 1 is 1.70 bits per heavy atom. The van der Waals surface area contributed by atoms with Crippen molar-refractivity contribution in [1.29, 1.82) is 0 Å². The van der Waals surface area contributed by atoms with E-state index in [-0.39, 0.29) is 0 Å². The summed E-state index contributed by atoms with van der Waals surface area (Å²) in [7, 11) is 0. The molecule has 0 spiro atoms. The predicted octanol–water partition coefficient (Wildman–Crippen LogP) is 1.18. The van der Waals surface area contributed by atoms with Crippen LogP contribution < -0.4 is 5.32 Å². The van der Waals surface area contributed by atoms with Gasteiger partial charge in [0.1, 0.15) is 5.54 Å². The first-order valence-electron chi connectivity index (χ1n) is 2.82. The summed E-state index contributed by atoms with van der Waals surface area (Å²) in [5, 5.41) is 10.7. The smallest absolute Gasteiger partial charge is 0.405 e. The van der Waals surface area contributed by atoms with Gasteiger partial charge in [-0.3, -0.25) is 0 Å². The molecule has 4 heteroatoms. The number of halogens is 1. The lowest BCUT2D eigenvalue weighted by molar-refractivity contribution is 0.191. The van der Waals surface area contributed by atoms with Gasteiger partial charge < -0.3 is 10.4 Å². The Bertz CT molecular complexity index is 212. The molecule has 0 aromatic carbocycles. The van der Waals surface area contributed by atoms with Crippen LogP contribution in [0.2, 0.25) is 0 Å². The number of carboxylic acid groups (broad SMARTS) is 1. The molecule has 0 unspecified atom stereocenters. The molecule has 1 aliphatic carbocycles. The number of rotatable bonds is 1. The minimum Gasteiger partial charge on any atom is -0.465 e. The van der Waals surface area contributed by atoms with Crippen LogP contribution in [0, 0.1) is 9.85 Å². The fourth-order valence-electron chi connectivity index (χ4n) is 0.701. The van der Waals surface area contributed by atoms with E-state index in [4.69, 9.17) is 5.11 Å². The van der Waals surface area contributed by atoms with Gasteiger partial charge in [-0.25, -0.2) is 4.79 Å². The average molecular weight is 251 g/mol. The topological polar surface area (TPSA) is 49.3 Å². The number of amides is 1. The minimum absolute atomic E-state index is 0.396. The summed E-state index contributed by atoms with van der Waals surface area (Å²) in [4.78, 5) is 10.1.